The maximum absolute atomic E-state index is 6.55. The third-order valence-electron chi connectivity index (χ3n) is 3.88. The van der Waals surface area contributed by atoms with Crippen molar-refractivity contribution < 1.29 is 9.47 Å². The molecule has 0 saturated carbocycles. The largest absolute Gasteiger partial charge is 0.495 e. The van der Waals surface area contributed by atoms with Crippen LogP contribution in [0.4, 0.5) is 5.13 Å². The van der Waals surface area contributed by atoms with Crippen molar-refractivity contribution in [2.24, 2.45) is 0 Å². The Balaban J connectivity index is 2.21. The molecule has 1 aromatic carbocycles. The molecule has 27 heavy (non-hydrogen) atoms. The van der Waals surface area contributed by atoms with Gasteiger partial charge in [0.1, 0.15) is 22.2 Å². The Morgan fingerprint density at radius 3 is 2.48 bits per heavy atom. The van der Waals surface area contributed by atoms with Gasteiger partial charge in [-0.15, -0.1) is 11.3 Å². The van der Waals surface area contributed by atoms with E-state index in [9.17, 15) is 0 Å². The molecule has 0 aliphatic heterocycles. The zero-order valence-electron chi connectivity index (χ0n) is 16.4. The minimum Gasteiger partial charge on any atom is -0.495 e. The minimum atomic E-state index is 0.0269. The van der Waals surface area contributed by atoms with Crippen LogP contribution in [0.25, 0.3) is 22.3 Å². The first kappa shape index (κ1) is 19.7. The van der Waals surface area contributed by atoms with Gasteiger partial charge in [0.25, 0.3) is 0 Å². The van der Waals surface area contributed by atoms with Gasteiger partial charge in [-0.25, -0.2) is 9.97 Å². The molecule has 0 aliphatic rings. The van der Waals surface area contributed by atoms with E-state index >= 15 is 0 Å². The number of rotatable bonds is 6. The van der Waals surface area contributed by atoms with E-state index in [0.29, 0.717) is 22.3 Å². The average Bonchev–Trinajstić information content (AvgIpc) is 2.94. The number of nitrogens with one attached hydrogen (secondary N) is 1. The van der Waals surface area contributed by atoms with E-state index in [1.807, 2.05) is 39.0 Å². The zero-order valence-corrected chi connectivity index (χ0v) is 18.0. The molecule has 0 amide bonds. The highest BCUT2D eigenvalue weighted by Gasteiger charge is 2.18. The van der Waals surface area contributed by atoms with Crippen LogP contribution in [0.15, 0.2) is 18.2 Å². The van der Waals surface area contributed by atoms with Crippen LogP contribution in [-0.2, 0) is 0 Å². The summed E-state index contributed by atoms with van der Waals surface area (Å²) < 4.78 is 11.4. The number of aryl methyl sites for hydroxylation is 1. The minimum absolute atomic E-state index is 0.0269. The maximum Gasteiger partial charge on any atom is 0.183 e. The SMILES string of the molecule is COc1ccc2c(OC(C)C)cc(-c3nc(NC(C)C)sc3C)nc2c1Cl. The first-order valence-corrected chi connectivity index (χ1v) is 10.1. The number of pyridine rings is 1. The summed E-state index contributed by atoms with van der Waals surface area (Å²) in [6.45, 7) is 10.2. The summed E-state index contributed by atoms with van der Waals surface area (Å²) in [7, 11) is 1.59. The molecule has 0 bridgehead atoms. The molecule has 3 aromatic rings. The monoisotopic (exact) mass is 405 g/mol. The van der Waals surface area contributed by atoms with Gasteiger partial charge in [0.2, 0.25) is 0 Å². The quantitative estimate of drug-likeness (QED) is 0.550. The summed E-state index contributed by atoms with van der Waals surface area (Å²) in [5.74, 6) is 1.32. The lowest BCUT2D eigenvalue weighted by Gasteiger charge is -2.15. The molecule has 1 N–H and O–H groups in total. The summed E-state index contributed by atoms with van der Waals surface area (Å²) >= 11 is 8.16. The average molecular weight is 406 g/mol. The van der Waals surface area contributed by atoms with E-state index < -0.39 is 0 Å². The van der Waals surface area contributed by atoms with Crippen molar-refractivity contribution >= 4 is 39.0 Å². The van der Waals surface area contributed by atoms with Crippen LogP contribution in [0, 0.1) is 6.92 Å². The van der Waals surface area contributed by atoms with E-state index in [0.717, 1.165) is 32.5 Å². The molecule has 2 heterocycles. The molecule has 0 spiro atoms. The number of nitrogens with zero attached hydrogens (tertiary/aromatic N) is 2. The smallest absolute Gasteiger partial charge is 0.183 e. The highest BCUT2D eigenvalue weighted by molar-refractivity contribution is 7.16. The van der Waals surface area contributed by atoms with Crippen molar-refractivity contribution in [3.63, 3.8) is 0 Å². The fourth-order valence-electron chi connectivity index (χ4n) is 2.78. The van der Waals surface area contributed by atoms with E-state index in [-0.39, 0.29) is 6.10 Å². The van der Waals surface area contributed by atoms with Crippen LogP contribution in [0.5, 0.6) is 11.5 Å². The lowest BCUT2D eigenvalue weighted by molar-refractivity contribution is 0.245. The molecule has 0 saturated heterocycles. The van der Waals surface area contributed by atoms with Crippen molar-refractivity contribution in [3.8, 4) is 22.9 Å². The summed E-state index contributed by atoms with van der Waals surface area (Å²) in [5.41, 5.74) is 2.21. The summed E-state index contributed by atoms with van der Waals surface area (Å²) in [6.07, 6.45) is 0.0269. The predicted molar refractivity (Wildman–Crippen MR) is 114 cm³/mol. The number of halogens is 1. The Morgan fingerprint density at radius 1 is 1.11 bits per heavy atom. The van der Waals surface area contributed by atoms with Gasteiger partial charge in [-0.1, -0.05) is 11.6 Å². The number of ether oxygens (including phenoxy) is 2. The highest BCUT2D eigenvalue weighted by Crippen LogP contribution is 2.39. The van der Waals surface area contributed by atoms with Crippen LogP contribution in [0.3, 0.4) is 0 Å². The fourth-order valence-corrected chi connectivity index (χ4v) is 4.03. The molecule has 144 valence electrons. The van der Waals surface area contributed by atoms with Crippen molar-refractivity contribution in [2.75, 3.05) is 12.4 Å². The molecule has 0 fully saturated rings. The molecular weight excluding hydrogens is 382 g/mol. The number of benzene rings is 1. The number of thiazole rings is 1. The van der Waals surface area contributed by atoms with Gasteiger partial charge >= 0.3 is 0 Å². The van der Waals surface area contributed by atoms with Crippen LogP contribution in [-0.4, -0.2) is 29.2 Å². The molecule has 2 aromatic heterocycles. The number of methoxy groups -OCH3 is 1. The van der Waals surface area contributed by atoms with Crippen molar-refractivity contribution in [2.45, 2.75) is 46.8 Å². The number of fused-ring (bicyclic) bond motifs is 1. The second kappa shape index (κ2) is 7.90. The first-order valence-electron chi connectivity index (χ1n) is 8.88. The molecule has 0 radical (unpaired) electrons. The van der Waals surface area contributed by atoms with Crippen molar-refractivity contribution in [1.29, 1.82) is 0 Å². The summed E-state index contributed by atoms with van der Waals surface area (Å²) in [6, 6.07) is 6.00. The summed E-state index contributed by atoms with van der Waals surface area (Å²) in [4.78, 5) is 10.6. The van der Waals surface area contributed by atoms with Gasteiger partial charge in [0.05, 0.1) is 24.4 Å². The number of hydrogen-bond donors (Lipinski definition) is 1. The van der Waals surface area contributed by atoms with E-state index in [2.05, 4.69) is 19.2 Å². The standard InChI is InChI=1S/C20H24ClN3O2S/c1-10(2)22-20-24-18(12(5)27-20)14-9-16(26-11(3)4)13-7-8-15(25-6)17(21)19(13)23-14/h7-11H,1-6H3,(H,22,24). The Labute approximate surface area is 168 Å². The Bertz CT molecular complexity index is 970. The van der Waals surface area contributed by atoms with Crippen LogP contribution >= 0.6 is 22.9 Å². The first-order chi connectivity index (χ1) is 12.8. The third-order valence-corrected chi connectivity index (χ3v) is 5.15. The van der Waals surface area contributed by atoms with Gasteiger partial charge in [-0.2, -0.15) is 0 Å². The molecule has 0 aliphatic carbocycles. The van der Waals surface area contributed by atoms with Gasteiger partial charge in [0, 0.05) is 22.4 Å². The highest BCUT2D eigenvalue weighted by atomic mass is 35.5. The molecule has 3 rings (SSSR count). The molecule has 0 atom stereocenters. The Kier molecular flexibility index (Phi) is 5.77. The Hall–Kier alpha value is -2.05. The Morgan fingerprint density at radius 2 is 1.85 bits per heavy atom. The lowest BCUT2D eigenvalue weighted by Crippen LogP contribution is -2.09. The lowest BCUT2D eigenvalue weighted by atomic mass is 10.1. The van der Waals surface area contributed by atoms with Gasteiger partial charge in [-0.3, -0.25) is 0 Å². The zero-order chi connectivity index (χ0) is 19.7. The van der Waals surface area contributed by atoms with Crippen LogP contribution in [0.2, 0.25) is 5.02 Å². The van der Waals surface area contributed by atoms with Gasteiger partial charge < -0.3 is 14.8 Å². The van der Waals surface area contributed by atoms with Crippen LogP contribution < -0.4 is 14.8 Å². The normalized spacial score (nSPS) is 11.4. The predicted octanol–water partition coefficient (Wildman–Crippen LogP) is 5.94. The van der Waals surface area contributed by atoms with E-state index in [1.54, 1.807) is 18.4 Å². The summed E-state index contributed by atoms with van der Waals surface area (Å²) in [5, 5.41) is 5.55. The molecular formula is C20H24ClN3O2S. The third kappa shape index (κ3) is 4.12. The topological polar surface area (TPSA) is 56.3 Å². The van der Waals surface area contributed by atoms with Gasteiger partial charge in [-0.05, 0) is 46.8 Å². The molecule has 7 heteroatoms. The second-order valence-electron chi connectivity index (χ2n) is 6.87. The molecule has 5 nitrogen and oxygen atoms in total. The molecule has 0 unspecified atom stereocenters. The van der Waals surface area contributed by atoms with Crippen LogP contribution in [0.1, 0.15) is 32.6 Å². The van der Waals surface area contributed by atoms with E-state index in [1.165, 1.54) is 0 Å². The number of anilines is 1. The van der Waals surface area contributed by atoms with E-state index in [4.69, 9.17) is 31.0 Å². The fraction of sp³-hybridized carbons (Fsp3) is 0.400. The van der Waals surface area contributed by atoms with Gasteiger partial charge in [0.15, 0.2) is 5.13 Å². The van der Waals surface area contributed by atoms with Crippen molar-refractivity contribution in [1.82, 2.24) is 9.97 Å². The second-order valence-corrected chi connectivity index (χ2v) is 8.45. The van der Waals surface area contributed by atoms with Crippen molar-refractivity contribution in [3.05, 3.63) is 28.1 Å². The number of hydrogen-bond acceptors (Lipinski definition) is 6. The number of aromatic nitrogens is 2. The maximum atomic E-state index is 6.55.